The van der Waals surface area contributed by atoms with Crippen LogP contribution < -0.4 is 5.32 Å². The van der Waals surface area contributed by atoms with Crippen LogP contribution in [-0.2, 0) is 4.79 Å². The van der Waals surface area contributed by atoms with Gasteiger partial charge in [-0.2, -0.15) is 5.10 Å². The lowest BCUT2D eigenvalue weighted by Gasteiger charge is -1.93. The summed E-state index contributed by atoms with van der Waals surface area (Å²) in [6.07, 6.45) is 1.32. The Morgan fingerprint density at radius 1 is 1.47 bits per heavy atom. The van der Waals surface area contributed by atoms with Crippen molar-refractivity contribution in [1.82, 2.24) is 5.32 Å². The Morgan fingerprint density at radius 2 is 2.24 bits per heavy atom. The summed E-state index contributed by atoms with van der Waals surface area (Å²) in [5.41, 5.74) is 0.360. The molecule has 0 saturated carbocycles. The highest BCUT2D eigenvalue weighted by molar-refractivity contribution is 8.15. The first-order valence-corrected chi connectivity index (χ1v) is 5.88. The first-order chi connectivity index (χ1) is 8.16. The number of nitrogens with zero attached hydrogens (tertiary/aromatic N) is 2. The normalized spacial score (nSPS) is 22.4. The van der Waals surface area contributed by atoms with E-state index in [0.29, 0.717) is 10.7 Å². The molecule has 1 saturated heterocycles. The van der Waals surface area contributed by atoms with E-state index in [9.17, 15) is 9.18 Å². The number of carbonyl (C=O) groups is 1. The Balaban J connectivity index is 2.06. The number of carbonyl (C=O) groups excluding carboxylic acids is 1. The van der Waals surface area contributed by atoms with E-state index in [2.05, 4.69) is 15.5 Å². The first kappa shape index (κ1) is 11.8. The second-order valence-corrected chi connectivity index (χ2v) is 4.75. The van der Waals surface area contributed by atoms with Gasteiger partial charge in [0.1, 0.15) is 5.82 Å². The summed E-state index contributed by atoms with van der Waals surface area (Å²) in [5, 5.41) is 10.4. The molecule has 17 heavy (non-hydrogen) atoms. The van der Waals surface area contributed by atoms with Crippen LogP contribution in [0, 0.1) is 5.82 Å². The average molecular weight is 251 g/mol. The smallest absolute Gasteiger partial charge is 0.239 e. The molecule has 0 radical (unpaired) electrons. The molecule has 4 nitrogen and oxygen atoms in total. The molecule has 2 rings (SSSR count). The van der Waals surface area contributed by atoms with Crippen molar-refractivity contribution < 1.29 is 9.18 Å². The quantitative estimate of drug-likeness (QED) is 0.643. The van der Waals surface area contributed by atoms with Crippen LogP contribution in [0.1, 0.15) is 12.5 Å². The lowest BCUT2D eigenvalue weighted by molar-refractivity contribution is -0.118. The van der Waals surface area contributed by atoms with Crippen molar-refractivity contribution in [3.05, 3.63) is 35.6 Å². The van der Waals surface area contributed by atoms with E-state index in [-0.39, 0.29) is 17.0 Å². The molecule has 88 valence electrons. The molecule has 1 aliphatic heterocycles. The second kappa shape index (κ2) is 5.09. The Morgan fingerprint density at radius 3 is 2.88 bits per heavy atom. The highest BCUT2D eigenvalue weighted by Crippen LogP contribution is 2.18. The number of benzene rings is 1. The first-order valence-electron chi connectivity index (χ1n) is 5.00. The number of nitrogens with one attached hydrogen (secondary N) is 1. The number of halogens is 1. The predicted octanol–water partition coefficient (Wildman–Crippen LogP) is 1.77. The molecule has 1 heterocycles. The van der Waals surface area contributed by atoms with Crippen LogP contribution in [0.25, 0.3) is 0 Å². The summed E-state index contributed by atoms with van der Waals surface area (Å²) < 4.78 is 13.2. The molecule has 1 aromatic carbocycles. The van der Waals surface area contributed by atoms with Crippen molar-refractivity contribution >= 4 is 29.1 Å². The maximum atomic E-state index is 13.2. The number of hydrogen-bond donors (Lipinski definition) is 1. The Kier molecular flexibility index (Phi) is 3.53. The van der Waals surface area contributed by atoms with Gasteiger partial charge >= 0.3 is 0 Å². The topological polar surface area (TPSA) is 53.8 Å². The largest absolute Gasteiger partial charge is 0.303 e. The maximum absolute atomic E-state index is 13.2. The summed E-state index contributed by atoms with van der Waals surface area (Å²) in [6.45, 7) is 1.78. The van der Waals surface area contributed by atoms with Crippen LogP contribution in [0.5, 0.6) is 0 Å². The van der Waals surface area contributed by atoms with E-state index in [4.69, 9.17) is 0 Å². The van der Waals surface area contributed by atoms with Gasteiger partial charge in [-0.25, -0.2) is 4.39 Å². The monoisotopic (exact) mass is 251 g/mol. The fraction of sp³-hybridized carbons (Fsp3) is 0.182. The third-order valence-corrected chi connectivity index (χ3v) is 3.11. The van der Waals surface area contributed by atoms with Crippen LogP contribution in [-0.4, -0.2) is 22.5 Å². The summed E-state index contributed by atoms with van der Waals surface area (Å²) in [5.74, 6) is -0.442. The highest BCUT2D eigenvalue weighted by atomic mass is 32.2. The van der Waals surface area contributed by atoms with E-state index in [1.54, 1.807) is 25.1 Å². The predicted molar refractivity (Wildman–Crippen MR) is 66.6 cm³/mol. The minimum atomic E-state index is -0.354. The van der Waals surface area contributed by atoms with Gasteiger partial charge in [-0.1, -0.05) is 30.0 Å². The van der Waals surface area contributed by atoms with Crippen molar-refractivity contribution in [2.24, 2.45) is 10.2 Å². The zero-order valence-electron chi connectivity index (χ0n) is 9.05. The Hall–Kier alpha value is -1.69. The van der Waals surface area contributed by atoms with Crippen molar-refractivity contribution in [1.29, 1.82) is 0 Å². The number of amidine groups is 1. The molecule has 1 aliphatic rings. The van der Waals surface area contributed by atoms with Gasteiger partial charge in [0.05, 0.1) is 11.5 Å². The number of hydrogen-bond acceptors (Lipinski definition) is 4. The zero-order chi connectivity index (χ0) is 12.3. The second-order valence-electron chi connectivity index (χ2n) is 3.42. The van der Waals surface area contributed by atoms with Crippen molar-refractivity contribution in [2.75, 3.05) is 0 Å². The number of amides is 1. The summed E-state index contributed by atoms with van der Waals surface area (Å²) in [6, 6.07) is 6.27. The van der Waals surface area contributed by atoms with Gasteiger partial charge in [-0.15, -0.1) is 5.10 Å². The fourth-order valence-electron chi connectivity index (χ4n) is 1.23. The lowest BCUT2D eigenvalue weighted by atomic mass is 10.2. The molecular weight excluding hydrogens is 241 g/mol. The van der Waals surface area contributed by atoms with E-state index >= 15 is 0 Å². The van der Waals surface area contributed by atoms with Crippen molar-refractivity contribution in [3.63, 3.8) is 0 Å². The minimum Gasteiger partial charge on any atom is -0.303 e. The Labute approximate surface area is 102 Å². The van der Waals surface area contributed by atoms with Crippen molar-refractivity contribution in [3.8, 4) is 0 Å². The van der Waals surface area contributed by atoms with Crippen LogP contribution in [0.15, 0.2) is 34.5 Å². The summed E-state index contributed by atoms with van der Waals surface area (Å²) in [4.78, 5) is 11.1. The van der Waals surface area contributed by atoms with E-state index < -0.39 is 0 Å². The van der Waals surface area contributed by atoms with Crippen LogP contribution in [0.3, 0.4) is 0 Å². The van der Waals surface area contributed by atoms with Crippen molar-refractivity contribution in [2.45, 2.75) is 12.2 Å². The van der Waals surface area contributed by atoms with Gasteiger partial charge in [0, 0.05) is 5.56 Å². The fourth-order valence-corrected chi connectivity index (χ4v) is 1.98. The molecule has 1 amide bonds. The van der Waals surface area contributed by atoms with Gasteiger partial charge in [0.2, 0.25) is 5.91 Å². The zero-order valence-corrected chi connectivity index (χ0v) is 9.87. The molecule has 1 aromatic rings. The molecule has 1 N–H and O–H groups in total. The highest BCUT2D eigenvalue weighted by Gasteiger charge is 2.25. The van der Waals surface area contributed by atoms with E-state index in [0.717, 1.165) is 0 Å². The third kappa shape index (κ3) is 2.91. The molecule has 6 heteroatoms. The number of thioether (sulfide) groups is 1. The molecule has 0 bridgehead atoms. The molecule has 0 spiro atoms. The van der Waals surface area contributed by atoms with Crippen LogP contribution in [0.4, 0.5) is 4.39 Å². The Bertz CT molecular complexity index is 501. The SMILES string of the molecule is C[C@H]1SC(=NN=Cc2ccccc2F)NC1=O. The van der Waals surface area contributed by atoms with Gasteiger partial charge in [-0.05, 0) is 13.0 Å². The molecule has 0 aliphatic carbocycles. The van der Waals surface area contributed by atoms with Gasteiger partial charge in [0.15, 0.2) is 5.17 Å². The standard InChI is InChI=1S/C11H10FN3OS/c1-7-10(16)14-11(17-7)15-13-6-8-4-2-3-5-9(8)12/h2-7H,1H3,(H,14,15,16)/t7-/m1/s1. The molecule has 1 atom stereocenters. The van der Waals surface area contributed by atoms with Crippen LogP contribution in [0.2, 0.25) is 0 Å². The summed E-state index contributed by atoms with van der Waals surface area (Å²) in [7, 11) is 0. The van der Waals surface area contributed by atoms with E-state index in [1.807, 2.05) is 0 Å². The lowest BCUT2D eigenvalue weighted by Crippen LogP contribution is -2.23. The minimum absolute atomic E-state index is 0.0881. The van der Waals surface area contributed by atoms with E-state index in [1.165, 1.54) is 24.0 Å². The summed E-state index contributed by atoms with van der Waals surface area (Å²) >= 11 is 1.29. The third-order valence-electron chi connectivity index (χ3n) is 2.14. The molecule has 0 aromatic heterocycles. The number of rotatable bonds is 2. The molecular formula is C11H10FN3OS. The average Bonchev–Trinajstić information content (AvgIpc) is 2.61. The van der Waals surface area contributed by atoms with Gasteiger partial charge in [0.25, 0.3) is 0 Å². The molecule has 0 unspecified atom stereocenters. The van der Waals surface area contributed by atoms with Gasteiger partial charge < -0.3 is 5.32 Å². The maximum Gasteiger partial charge on any atom is 0.239 e. The van der Waals surface area contributed by atoms with Crippen LogP contribution >= 0.6 is 11.8 Å². The van der Waals surface area contributed by atoms with Gasteiger partial charge in [-0.3, -0.25) is 4.79 Å². The molecule has 1 fully saturated rings.